The molecule has 27 heavy (non-hydrogen) atoms. The van der Waals surface area contributed by atoms with E-state index in [4.69, 9.17) is 32.4 Å². The summed E-state index contributed by atoms with van der Waals surface area (Å²) in [6, 6.07) is 8.40. The van der Waals surface area contributed by atoms with E-state index in [2.05, 4.69) is 9.62 Å². The second kappa shape index (κ2) is 8.94. The van der Waals surface area contributed by atoms with Crippen molar-refractivity contribution in [1.82, 2.24) is 9.62 Å². The maximum atomic E-state index is 12.6. The summed E-state index contributed by atoms with van der Waals surface area (Å²) < 4.78 is 39.0. The minimum Gasteiger partial charge on any atom is -0.465 e. The lowest BCUT2D eigenvalue weighted by Crippen LogP contribution is -2.43. The number of furan rings is 1. The number of morpholine rings is 1. The number of rotatable bonds is 7. The van der Waals surface area contributed by atoms with Gasteiger partial charge < -0.3 is 9.15 Å². The predicted octanol–water partition coefficient (Wildman–Crippen LogP) is 3.39. The van der Waals surface area contributed by atoms with Crippen LogP contribution in [-0.4, -0.2) is 46.2 Å². The van der Waals surface area contributed by atoms with Crippen LogP contribution in [0.4, 0.5) is 0 Å². The van der Waals surface area contributed by atoms with E-state index in [0.717, 1.165) is 24.6 Å². The lowest BCUT2D eigenvalue weighted by atomic mass is 10.2. The maximum absolute atomic E-state index is 12.6. The normalized spacial score (nSPS) is 17.1. The predicted molar refractivity (Wildman–Crippen MR) is 106 cm³/mol. The number of ether oxygens (including phenoxy) is 1. The average molecular weight is 433 g/mol. The summed E-state index contributed by atoms with van der Waals surface area (Å²) in [7, 11) is -3.55. The third-order valence-electron chi connectivity index (χ3n) is 4.41. The van der Waals surface area contributed by atoms with Gasteiger partial charge in [-0.1, -0.05) is 29.3 Å². The molecule has 0 spiro atoms. The van der Waals surface area contributed by atoms with Crippen molar-refractivity contribution in [2.75, 3.05) is 32.8 Å². The molecule has 1 aliphatic heterocycles. The van der Waals surface area contributed by atoms with E-state index in [1.54, 1.807) is 18.2 Å². The molecular formula is C18H22Cl2N2O4S. The Labute approximate surface area is 169 Å². The highest BCUT2D eigenvalue weighted by molar-refractivity contribution is 7.88. The van der Waals surface area contributed by atoms with Crippen LogP contribution in [0.3, 0.4) is 0 Å². The molecule has 0 amide bonds. The van der Waals surface area contributed by atoms with Crippen molar-refractivity contribution < 1.29 is 17.6 Å². The molecule has 1 aromatic carbocycles. The summed E-state index contributed by atoms with van der Waals surface area (Å²) in [5.41, 5.74) is 0.577. The van der Waals surface area contributed by atoms with Crippen LogP contribution in [0.5, 0.6) is 0 Å². The Bertz CT molecular complexity index is 879. The van der Waals surface area contributed by atoms with Gasteiger partial charge >= 0.3 is 0 Å². The molecule has 1 N–H and O–H groups in total. The van der Waals surface area contributed by atoms with E-state index in [1.165, 1.54) is 0 Å². The van der Waals surface area contributed by atoms with Gasteiger partial charge in [0.1, 0.15) is 11.5 Å². The Hall–Kier alpha value is -1.09. The summed E-state index contributed by atoms with van der Waals surface area (Å²) in [6.07, 6.45) is 0. The Morgan fingerprint density at radius 3 is 2.52 bits per heavy atom. The highest BCUT2D eigenvalue weighted by Gasteiger charge is 2.27. The number of nitrogens with zero attached hydrogens (tertiary/aromatic N) is 1. The lowest BCUT2D eigenvalue weighted by molar-refractivity contribution is 0.0127. The van der Waals surface area contributed by atoms with Crippen LogP contribution in [0.25, 0.3) is 0 Å². The third-order valence-corrected chi connectivity index (χ3v) is 6.47. The van der Waals surface area contributed by atoms with Crippen LogP contribution in [0, 0.1) is 6.92 Å². The van der Waals surface area contributed by atoms with Crippen LogP contribution in [0.1, 0.15) is 23.1 Å². The van der Waals surface area contributed by atoms with Crippen LogP contribution >= 0.6 is 23.2 Å². The zero-order chi connectivity index (χ0) is 19.4. The van der Waals surface area contributed by atoms with Gasteiger partial charge in [-0.15, -0.1) is 0 Å². The second-order valence-electron chi connectivity index (χ2n) is 6.47. The molecule has 6 nitrogen and oxygen atoms in total. The van der Waals surface area contributed by atoms with E-state index in [-0.39, 0.29) is 18.3 Å². The Morgan fingerprint density at radius 2 is 1.89 bits per heavy atom. The fourth-order valence-corrected chi connectivity index (χ4v) is 4.49. The molecule has 1 fully saturated rings. The smallest absolute Gasteiger partial charge is 0.215 e. The highest BCUT2D eigenvalue weighted by atomic mass is 35.5. The molecule has 0 radical (unpaired) electrons. The van der Waals surface area contributed by atoms with Crippen LogP contribution in [0.2, 0.25) is 10.0 Å². The summed E-state index contributed by atoms with van der Waals surface area (Å²) in [5, 5.41) is 0.730. The molecule has 3 rings (SSSR count). The molecule has 0 aliphatic carbocycles. The van der Waals surface area contributed by atoms with Gasteiger partial charge in [-0.25, -0.2) is 13.1 Å². The van der Waals surface area contributed by atoms with E-state index in [0.29, 0.717) is 28.8 Å². The highest BCUT2D eigenvalue weighted by Crippen LogP contribution is 2.25. The number of benzene rings is 1. The number of hydrogen-bond acceptors (Lipinski definition) is 5. The van der Waals surface area contributed by atoms with E-state index >= 15 is 0 Å². The molecule has 1 saturated heterocycles. The summed E-state index contributed by atoms with van der Waals surface area (Å²) in [6.45, 7) is 4.77. The topological polar surface area (TPSA) is 71.8 Å². The average Bonchev–Trinajstić information content (AvgIpc) is 3.05. The molecule has 1 atom stereocenters. The van der Waals surface area contributed by atoms with Crippen molar-refractivity contribution in [3.05, 3.63) is 57.5 Å². The first-order chi connectivity index (χ1) is 12.8. The molecule has 1 aromatic heterocycles. The molecule has 0 saturated carbocycles. The van der Waals surface area contributed by atoms with Crippen molar-refractivity contribution in [3.63, 3.8) is 0 Å². The standard InChI is InChI=1S/C18H22Cl2N2O4S/c1-13-2-5-18(26-13)17(22-6-8-25-9-7-22)11-21-27(23,24)12-14-3-4-15(19)16(20)10-14/h2-5,10,17,21H,6-9,11-12H2,1H3. The lowest BCUT2D eigenvalue weighted by Gasteiger charge is -2.33. The Balaban J connectivity index is 1.70. The van der Waals surface area contributed by atoms with Crippen LogP contribution in [0.15, 0.2) is 34.7 Å². The van der Waals surface area contributed by atoms with Crippen molar-refractivity contribution >= 4 is 33.2 Å². The van der Waals surface area contributed by atoms with Gasteiger partial charge in [-0.05, 0) is 36.8 Å². The molecule has 0 bridgehead atoms. The molecule has 2 heterocycles. The van der Waals surface area contributed by atoms with Gasteiger partial charge in [0.25, 0.3) is 0 Å². The molecule has 2 aromatic rings. The SMILES string of the molecule is Cc1ccc(C(CNS(=O)(=O)Cc2ccc(Cl)c(Cl)c2)N2CCOCC2)o1. The summed E-state index contributed by atoms with van der Waals surface area (Å²) in [4.78, 5) is 2.17. The van der Waals surface area contributed by atoms with Crippen molar-refractivity contribution in [3.8, 4) is 0 Å². The fourth-order valence-electron chi connectivity index (χ4n) is 3.04. The van der Waals surface area contributed by atoms with E-state index in [9.17, 15) is 8.42 Å². The number of nitrogens with one attached hydrogen (secondary N) is 1. The minimum absolute atomic E-state index is 0.170. The Kier molecular flexibility index (Phi) is 6.83. The first-order valence-electron chi connectivity index (χ1n) is 8.63. The van der Waals surface area contributed by atoms with Crippen LogP contribution in [-0.2, 0) is 20.5 Å². The number of sulfonamides is 1. The molecule has 148 valence electrons. The zero-order valence-corrected chi connectivity index (χ0v) is 17.3. The fraction of sp³-hybridized carbons (Fsp3) is 0.444. The Morgan fingerprint density at radius 1 is 1.15 bits per heavy atom. The number of aryl methyl sites for hydroxylation is 1. The third kappa shape index (κ3) is 5.70. The van der Waals surface area contributed by atoms with Gasteiger partial charge in [-0.3, -0.25) is 4.90 Å². The first kappa shape index (κ1) is 20.6. The number of hydrogen-bond donors (Lipinski definition) is 1. The van der Waals surface area contributed by atoms with Crippen LogP contribution < -0.4 is 4.72 Å². The second-order valence-corrected chi connectivity index (χ2v) is 9.09. The summed E-state index contributed by atoms with van der Waals surface area (Å²) in [5.74, 6) is 1.37. The number of halogens is 2. The van der Waals surface area contributed by atoms with E-state index in [1.807, 2.05) is 19.1 Å². The quantitative estimate of drug-likeness (QED) is 0.725. The molecule has 1 unspecified atom stereocenters. The first-order valence-corrected chi connectivity index (χ1v) is 11.0. The van der Waals surface area contributed by atoms with Crippen molar-refractivity contribution in [1.29, 1.82) is 0 Å². The van der Waals surface area contributed by atoms with Gasteiger partial charge in [0.05, 0.1) is 35.1 Å². The van der Waals surface area contributed by atoms with Gasteiger partial charge in [0, 0.05) is 19.6 Å². The molecule has 1 aliphatic rings. The van der Waals surface area contributed by atoms with E-state index < -0.39 is 10.0 Å². The zero-order valence-electron chi connectivity index (χ0n) is 15.0. The van der Waals surface area contributed by atoms with Crippen molar-refractivity contribution in [2.45, 2.75) is 18.7 Å². The monoisotopic (exact) mass is 432 g/mol. The maximum Gasteiger partial charge on any atom is 0.215 e. The van der Waals surface area contributed by atoms with Crippen molar-refractivity contribution in [2.24, 2.45) is 0 Å². The largest absolute Gasteiger partial charge is 0.465 e. The van der Waals surface area contributed by atoms with Gasteiger partial charge in [0.2, 0.25) is 10.0 Å². The summed E-state index contributed by atoms with van der Waals surface area (Å²) >= 11 is 11.9. The van der Waals surface area contributed by atoms with Gasteiger partial charge in [-0.2, -0.15) is 0 Å². The molecule has 9 heteroatoms. The minimum atomic E-state index is -3.55. The van der Waals surface area contributed by atoms with Gasteiger partial charge in [0.15, 0.2) is 0 Å². The molecular weight excluding hydrogens is 411 g/mol.